The highest BCUT2D eigenvalue weighted by molar-refractivity contribution is 5.87. The van der Waals surface area contributed by atoms with Gasteiger partial charge in [-0.15, -0.1) is 0 Å². The maximum absolute atomic E-state index is 11.8. The molecule has 1 amide bonds. The van der Waals surface area contributed by atoms with E-state index in [9.17, 15) is 4.79 Å². The van der Waals surface area contributed by atoms with Gasteiger partial charge in [0.2, 0.25) is 5.91 Å². The van der Waals surface area contributed by atoms with Crippen molar-refractivity contribution in [2.24, 2.45) is 5.10 Å². The summed E-state index contributed by atoms with van der Waals surface area (Å²) in [6.45, 7) is 7.70. The van der Waals surface area contributed by atoms with Crippen LogP contribution in [0.3, 0.4) is 0 Å². The Bertz CT molecular complexity index is 332. The third kappa shape index (κ3) is 10.5. The lowest BCUT2D eigenvalue weighted by atomic mass is 10.1. The number of carbonyl (C=O) groups excluding carboxylic acids is 1. The predicted octanol–water partition coefficient (Wildman–Crippen LogP) is 4.50. The van der Waals surface area contributed by atoms with Gasteiger partial charge in [-0.05, 0) is 13.0 Å². The van der Waals surface area contributed by atoms with Gasteiger partial charge >= 0.3 is 0 Å². The fraction of sp³-hybridized carbons (Fsp3) is 0.895. The summed E-state index contributed by atoms with van der Waals surface area (Å²) in [6, 6.07) is 0. The van der Waals surface area contributed by atoms with Crippen molar-refractivity contribution < 1.29 is 4.79 Å². The van der Waals surface area contributed by atoms with E-state index in [0.717, 1.165) is 44.6 Å². The molecule has 1 heterocycles. The number of hydrazone groups is 1. The van der Waals surface area contributed by atoms with E-state index < -0.39 is 0 Å². The number of piperidine rings is 1. The lowest BCUT2D eigenvalue weighted by Crippen LogP contribution is -2.34. The van der Waals surface area contributed by atoms with Crippen molar-refractivity contribution in [3.8, 4) is 0 Å². The van der Waals surface area contributed by atoms with Crippen molar-refractivity contribution in [2.75, 3.05) is 19.6 Å². The zero-order chi connectivity index (χ0) is 16.8. The minimum atomic E-state index is 0.0818. The molecule has 134 valence electrons. The minimum Gasteiger partial charge on any atom is -0.303 e. The second-order valence-corrected chi connectivity index (χ2v) is 6.73. The quantitative estimate of drug-likeness (QED) is 0.425. The first-order chi connectivity index (χ1) is 11.3. The summed E-state index contributed by atoms with van der Waals surface area (Å²) in [7, 11) is 0. The molecule has 0 unspecified atom stereocenters. The molecule has 0 aliphatic carbocycles. The van der Waals surface area contributed by atoms with Crippen molar-refractivity contribution in [1.82, 2.24) is 10.3 Å². The molecular formula is C19H37N3O. The first kappa shape index (κ1) is 20.1. The fourth-order valence-corrected chi connectivity index (χ4v) is 3.03. The van der Waals surface area contributed by atoms with E-state index in [1.54, 1.807) is 0 Å². The number of carbonyl (C=O) groups is 1. The maximum atomic E-state index is 11.8. The van der Waals surface area contributed by atoms with Gasteiger partial charge in [0.25, 0.3) is 0 Å². The summed E-state index contributed by atoms with van der Waals surface area (Å²) in [4.78, 5) is 14.2. The SMILES string of the molecule is CCCCCCCCCCCC(=O)NN=C1CCN(CC)CC1. The number of rotatable bonds is 12. The Morgan fingerprint density at radius 1 is 0.957 bits per heavy atom. The van der Waals surface area contributed by atoms with Crippen LogP contribution in [0.15, 0.2) is 5.10 Å². The fourth-order valence-electron chi connectivity index (χ4n) is 3.03. The van der Waals surface area contributed by atoms with E-state index in [2.05, 4.69) is 29.3 Å². The van der Waals surface area contributed by atoms with Crippen LogP contribution in [0.2, 0.25) is 0 Å². The summed E-state index contributed by atoms with van der Waals surface area (Å²) in [5.41, 5.74) is 3.89. The minimum absolute atomic E-state index is 0.0818. The van der Waals surface area contributed by atoms with E-state index >= 15 is 0 Å². The van der Waals surface area contributed by atoms with E-state index in [-0.39, 0.29) is 5.91 Å². The number of hydrogen-bond donors (Lipinski definition) is 1. The Hall–Kier alpha value is -0.900. The van der Waals surface area contributed by atoms with Gasteiger partial charge in [-0.25, -0.2) is 5.43 Å². The van der Waals surface area contributed by atoms with E-state index in [1.165, 1.54) is 51.4 Å². The highest BCUT2D eigenvalue weighted by atomic mass is 16.2. The molecule has 1 aliphatic heterocycles. The summed E-state index contributed by atoms with van der Waals surface area (Å²) in [6.07, 6.45) is 14.2. The van der Waals surface area contributed by atoms with Crippen molar-refractivity contribution in [1.29, 1.82) is 0 Å². The molecule has 0 aromatic carbocycles. The Morgan fingerprint density at radius 2 is 1.52 bits per heavy atom. The molecule has 0 atom stereocenters. The van der Waals surface area contributed by atoms with Crippen LogP contribution in [0.25, 0.3) is 0 Å². The number of amides is 1. The van der Waals surface area contributed by atoms with Gasteiger partial charge in [-0.1, -0.05) is 65.2 Å². The first-order valence-electron chi connectivity index (χ1n) is 9.82. The van der Waals surface area contributed by atoms with Gasteiger partial charge in [-0.2, -0.15) is 5.10 Å². The number of nitrogens with zero attached hydrogens (tertiary/aromatic N) is 2. The normalized spacial score (nSPS) is 15.7. The predicted molar refractivity (Wildman–Crippen MR) is 98.8 cm³/mol. The molecule has 1 fully saturated rings. The van der Waals surface area contributed by atoms with Gasteiger partial charge in [-0.3, -0.25) is 4.79 Å². The molecule has 1 N–H and O–H groups in total. The lowest BCUT2D eigenvalue weighted by molar-refractivity contribution is -0.121. The van der Waals surface area contributed by atoms with Crippen molar-refractivity contribution in [2.45, 2.75) is 90.9 Å². The van der Waals surface area contributed by atoms with Crippen molar-refractivity contribution >= 4 is 11.6 Å². The molecule has 0 aromatic rings. The second-order valence-electron chi connectivity index (χ2n) is 6.73. The third-order valence-corrected chi connectivity index (χ3v) is 4.73. The van der Waals surface area contributed by atoms with E-state index in [4.69, 9.17) is 0 Å². The highest BCUT2D eigenvalue weighted by Gasteiger charge is 2.13. The van der Waals surface area contributed by atoms with Crippen LogP contribution in [0.1, 0.15) is 90.9 Å². The van der Waals surface area contributed by atoms with Gasteiger partial charge in [0, 0.05) is 38.1 Å². The first-order valence-corrected chi connectivity index (χ1v) is 9.82. The van der Waals surface area contributed by atoms with Crippen LogP contribution < -0.4 is 5.43 Å². The molecule has 0 radical (unpaired) electrons. The largest absolute Gasteiger partial charge is 0.303 e. The van der Waals surface area contributed by atoms with Crippen molar-refractivity contribution in [3.05, 3.63) is 0 Å². The van der Waals surface area contributed by atoms with E-state index in [0.29, 0.717) is 6.42 Å². The van der Waals surface area contributed by atoms with Crippen LogP contribution in [0, 0.1) is 0 Å². The molecular weight excluding hydrogens is 286 g/mol. The van der Waals surface area contributed by atoms with Crippen LogP contribution in [-0.2, 0) is 4.79 Å². The van der Waals surface area contributed by atoms with Gasteiger partial charge in [0.05, 0.1) is 0 Å². The van der Waals surface area contributed by atoms with Crippen LogP contribution >= 0.6 is 0 Å². The average molecular weight is 324 g/mol. The summed E-state index contributed by atoms with van der Waals surface area (Å²) >= 11 is 0. The zero-order valence-electron chi connectivity index (χ0n) is 15.4. The van der Waals surface area contributed by atoms with Gasteiger partial charge in [0.15, 0.2) is 0 Å². The Labute approximate surface area is 143 Å². The standard InChI is InChI=1S/C19H37N3O/c1-3-5-6-7-8-9-10-11-12-13-19(23)21-20-18-14-16-22(4-2)17-15-18/h3-17H2,1-2H3,(H,21,23). The maximum Gasteiger partial charge on any atom is 0.240 e. The molecule has 0 aromatic heterocycles. The van der Waals surface area contributed by atoms with Crippen LogP contribution in [-0.4, -0.2) is 36.2 Å². The topological polar surface area (TPSA) is 44.7 Å². The zero-order valence-corrected chi connectivity index (χ0v) is 15.4. The number of hydrogen-bond acceptors (Lipinski definition) is 3. The lowest BCUT2D eigenvalue weighted by Gasteiger charge is -2.25. The van der Waals surface area contributed by atoms with E-state index in [1.807, 2.05) is 0 Å². The molecule has 23 heavy (non-hydrogen) atoms. The van der Waals surface area contributed by atoms with Crippen molar-refractivity contribution in [3.63, 3.8) is 0 Å². The van der Waals surface area contributed by atoms with Crippen LogP contribution in [0.4, 0.5) is 0 Å². The summed E-state index contributed by atoms with van der Waals surface area (Å²) < 4.78 is 0. The van der Waals surface area contributed by atoms with Gasteiger partial charge < -0.3 is 4.90 Å². The second kappa shape index (κ2) is 13.5. The summed E-state index contributed by atoms with van der Waals surface area (Å²) in [5, 5.41) is 4.30. The summed E-state index contributed by atoms with van der Waals surface area (Å²) in [5.74, 6) is 0.0818. The number of unbranched alkanes of at least 4 members (excludes halogenated alkanes) is 8. The third-order valence-electron chi connectivity index (χ3n) is 4.73. The molecule has 1 aliphatic rings. The Morgan fingerprint density at radius 3 is 2.09 bits per heavy atom. The molecule has 1 saturated heterocycles. The molecule has 4 nitrogen and oxygen atoms in total. The molecule has 4 heteroatoms. The molecule has 0 bridgehead atoms. The monoisotopic (exact) mass is 323 g/mol. The molecule has 0 spiro atoms. The highest BCUT2D eigenvalue weighted by Crippen LogP contribution is 2.10. The Kier molecular flexibility index (Phi) is 11.9. The van der Waals surface area contributed by atoms with Gasteiger partial charge in [0.1, 0.15) is 0 Å². The molecule has 0 saturated carbocycles. The Balaban J connectivity index is 1.94. The smallest absolute Gasteiger partial charge is 0.240 e. The average Bonchev–Trinajstić information content (AvgIpc) is 2.59. The molecule has 1 rings (SSSR count). The number of likely N-dealkylation sites (tertiary alicyclic amines) is 1. The number of nitrogens with one attached hydrogen (secondary N) is 1. The van der Waals surface area contributed by atoms with Crippen LogP contribution in [0.5, 0.6) is 0 Å².